The molecule has 1 amide bonds. The maximum absolute atomic E-state index is 12.6. The van der Waals surface area contributed by atoms with Crippen LogP contribution in [0, 0.1) is 0 Å². The van der Waals surface area contributed by atoms with Gasteiger partial charge in [-0.05, 0) is 19.1 Å². The van der Waals surface area contributed by atoms with Gasteiger partial charge in [0.1, 0.15) is 6.34 Å². The van der Waals surface area contributed by atoms with Crippen molar-refractivity contribution in [3.8, 4) is 0 Å². The van der Waals surface area contributed by atoms with Crippen molar-refractivity contribution in [2.24, 2.45) is 5.16 Å². The topological polar surface area (TPSA) is 52.9 Å². The van der Waals surface area contributed by atoms with Crippen LogP contribution in [0.3, 0.4) is 0 Å². The lowest BCUT2D eigenvalue weighted by Gasteiger charge is -2.33. The van der Waals surface area contributed by atoms with E-state index in [1.807, 2.05) is 6.26 Å². The summed E-state index contributed by atoms with van der Waals surface area (Å²) in [6, 6.07) is 0. The van der Waals surface area contributed by atoms with Gasteiger partial charge in [-0.1, -0.05) is 51.1 Å². The first kappa shape index (κ1) is 18.3. The first-order valence-corrected chi connectivity index (χ1v) is 8.30. The van der Waals surface area contributed by atoms with Crippen LogP contribution in [-0.2, 0) is 4.79 Å². The second-order valence-corrected chi connectivity index (χ2v) is 6.10. The molecule has 0 aliphatic rings. The second-order valence-electron chi connectivity index (χ2n) is 4.91. The fourth-order valence-corrected chi connectivity index (χ4v) is 3.22. The van der Waals surface area contributed by atoms with Crippen LogP contribution >= 0.6 is 11.8 Å². The van der Waals surface area contributed by atoms with Crippen LogP contribution in [0.1, 0.15) is 58.8 Å². The highest BCUT2D eigenvalue weighted by Gasteiger charge is 2.38. The summed E-state index contributed by atoms with van der Waals surface area (Å²) in [6.45, 7) is 4.31. The summed E-state index contributed by atoms with van der Waals surface area (Å²) in [5.74, 6) is 0.0438. The summed E-state index contributed by atoms with van der Waals surface area (Å²) in [6.07, 6.45) is 10.5. The standard InChI is InChI=1S/C14H28N2O2S/c1-5-7-9-11-14(19-4,10-8-6-2)13(17)16(3)12-15-18/h12,18H,5-11H2,1-4H3. The molecular weight excluding hydrogens is 260 g/mol. The third-order valence-electron chi connectivity index (χ3n) is 3.44. The van der Waals surface area contributed by atoms with Gasteiger partial charge in [0, 0.05) is 7.05 Å². The average Bonchev–Trinajstić information content (AvgIpc) is 2.42. The SMILES string of the molecule is CCCCCC(CCCC)(SC)C(=O)N(C)C=NO. The Morgan fingerprint density at radius 2 is 1.84 bits per heavy atom. The van der Waals surface area contributed by atoms with Crippen LogP contribution in [0.5, 0.6) is 0 Å². The molecular formula is C14H28N2O2S. The minimum absolute atomic E-state index is 0.0438. The molecule has 0 aliphatic carbocycles. The lowest BCUT2D eigenvalue weighted by Crippen LogP contribution is -2.44. The summed E-state index contributed by atoms with van der Waals surface area (Å²) in [5.41, 5.74) is 0. The van der Waals surface area contributed by atoms with E-state index in [-0.39, 0.29) is 10.7 Å². The smallest absolute Gasteiger partial charge is 0.243 e. The molecule has 0 aromatic rings. The van der Waals surface area contributed by atoms with Crippen LogP contribution in [0.25, 0.3) is 0 Å². The van der Waals surface area contributed by atoms with Gasteiger partial charge in [-0.2, -0.15) is 0 Å². The highest BCUT2D eigenvalue weighted by Crippen LogP contribution is 2.36. The molecule has 1 unspecified atom stereocenters. The number of thioether (sulfide) groups is 1. The van der Waals surface area contributed by atoms with Crippen molar-refractivity contribution in [1.82, 2.24) is 4.90 Å². The zero-order chi connectivity index (χ0) is 14.7. The monoisotopic (exact) mass is 288 g/mol. The van der Waals surface area contributed by atoms with Gasteiger partial charge in [-0.15, -0.1) is 11.8 Å². The van der Waals surface area contributed by atoms with E-state index in [1.165, 1.54) is 11.2 Å². The van der Waals surface area contributed by atoms with E-state index < -0.39 is 0 Å². The Morgan fingerprint density at radius 1 is 1.26 bits per heavy atom. The molecule has 1 N–H and O–H groups in total. The zero-order valence-corrected chi connectivity index (χ0v) is 13.5. The molecule has 0 radical (unpaired) electrons. The molecule has 0 saturated heterocycles. The molecule has 1 atom stereocenters. The van der Waals surface area contributed by atoms with Crippen molar-refractivity contribution < 1.29 is 10.0 Å². The second kappa shape index (κ2) is 10.1. The normalized spacial score (nSPS) is 14.5. The number of rotatable bonds is 10. The van der Waals surface area contributed by atoms with Crippen molar-refractivity contribution in [3.63, 3.8) is 0 Å². The minimum atomic E-state index is -0.374. The zero-order valence-electron chi connectivity index (χ0n) is 12.7. The Kier molecular flexibility index (Phi) is 9.74. The van der Waals surface area contributed by atoms with Gasteiger partial charge in [0.25, 0.3) is 0 Å². The van der Waals surface area contributed by atoms with Gasteiger partial charge in [0.15, 0.2) is 0 Å². The lowest BCUT2D eigenvalue weighted by atomic mass is 9.93. The highest BCUT2D eigenvalue weighted by molar-refractivity contribution is 8.00. The summed E-state index contributed by atoms with van der Waals surface area (Å²) in [4.78, 5) is 14.0. The van der Waals surface area contributed by atoms with Gasteiger partial charge in [-0.3, -0.25) is 4.79 Å². The van der Waals surface area contributed by atoms with E-state index in [4.69, 9.17) is 5.21 Å². The third-order valence-corrected chi connectivity index (χ3v) is 4.81. The molecule has 0 fully saturated rings. The lowest BCUT2D eigenvalue weighted by molar-refractivity contribution is -0.129. The molecule has 0 aromatic carbocycles. The minimum Gasteiger partial charge on any atom is -0.410 e. The first-order valence-electron chi connectivity index (χ1n) is 7.08. The first-order chi connectivity index (χ1) is 9.07. The maximum atomic E-state index is 12.6. The van der Waals surface area contributed by atoms with Gasteiger partial charge < -0.3 is 10.1 Å². The summed E-state index contributed by atoms with van der Waals surface area (Å²) < 4.78 is -0.374. The predicted octanol–water partition coefficient (Wildman–Crippen LogP) is 3.73. The Labute approximate surface area is 121 Å². The molecule has 0 spiro atoms. The van der Waals surface area contributed by atoms with Crippen molar-refractivity contribution in [3.05, 3.63) is 0 Å². The van der Waals surface area contributed by atoms with Crippen LogP contribution in [0.15, 0.2) is 5.16 Å². The maximum Gasteiger partial charge on any atom is 0.243 e. The fraction of sp³-hybridized carbons (Fsp3) is 0.857. The highest BCUT2D eigenvalue weighted by atomic mass is 32.2. The van der Waals surface area contributed by atoms with E-state index in [0.717, 1.165) is 44.9 Å². The van der Waals surface area contributed by atoms with E-state index in [9.17, 15) is 4.79 Å². The number of unbranched alkanes of at least 4 members (excludes halogenated alkanes) is 3. The number of amides is 1. The van der Waals surface area contributed by atoms with E-state index in [1.54, 1.807) is 18.8 Å². The third kappa shape index (κ3) is 5.85. The van der Waals surface area contributed by atoms with Crippen molar-refractivity contribution in [2.45, 2.75) is 63.5 Å². The summed E-state index contributed by atoms with van der Waals surface area (Å²) >= 11 is 1.64. The van der Waals surface area contributed by atoms with Crippen LogP contribution < -0.4 is 0 Å². The Balaban J connectivity index is 4.91. The van der Waals surface area contributed by atoms with Gasteiger partial charge in [0.2, 0.25) is 5.91 Å². The summed E-state index contributed by atoms with van der Waals surface area (Å²) in [7, 11) is 1.65. The van der Waals surface area contributed by atoms with Crippen molar-refractivity contribution >= 4 is 24.0 Å². The number of hydrogen-bond acceptors (Lipinski definition) is 4. The van der Waals surface area contributed by atoms with Gasteiger partial charge in [0.05, 0.1) is 4.75 Å². The van der Waals surface area contributed by atoms with Crippen LogP contribution in [0.4, 0.5) is 0 Å². The Morgan fingerprint density at radius 3 is 2.32 bits per heavy atom. The molecule has 0 aromatic heterocycles. The number of carbonyl (C=O) groups excluding carboxylic acids is 1. The number of carbonyl (C=O) groups is 1. The van der Waals surface area contributed by atoms with Crippen molar-refractivity contribution in [2.75, 3.05) is 13.3 Å². The van der Waals surface area contributed by atoms with Gasteiger partial charge >= 0.3 is 0 Å². The van der Waals surface area contributed by atoms with Crippen molar-refractivity contribution in [1.29, 1.82) is 0 Å². The molecule has 5 heteroatoms. The fourth-order valence-electron chi connectivity index (χ4n) is 2.20. The average molecular weight is 288 g/mol. The molecule has 0 aliphatic heterocycles. The number of oxime groups is 1. The summed E-state index contributed by atoms with van der Waals surface area (Å²) in [5, 5.41) is 11.5. The molecule has 0 saturated carbocycles. The predicted molar refractivity (Wildman–Crippen MR) is 83.0 cm³/mol. The quantitative estimate of drug-likeness (QED) is 0.219. The number of nitrogens with zero attached hydrogens (tertiary/aromatic N) is 2. The van der Waals surface area contributed by atoms with Gasteiger partial charge in [-0.25, -0.2) is 0 Å². The van der Waals surface area contributed by atoms with E-state index in [2.05, 4.69) is 19.0 Å². The van der Waals surface area contributed by atoms with Crippen LogP contribution in [-0.4, -0.2) is 40.4 Å². The largest absolute Gasteiger partial charge is 0.410 e. The number of hydrogen-bond donors (Lipinski definition) is 1. The molecule has 4 nitrogen and oxygen atoms in total. The molecule has 0 heterocycles. The Hall–Kier alpha value is -0.710. The van der Waals surface area contributed by atoms with E-state index in [0.29, 0.717) is 0 Å². The molecule has 19 heavy (non-hydrogen) atoms. The molecule has 0 bridgehead atoms. The van der Waals surface area contributed by atoms with E-state index >= 15 is 0 Å². The van der Waals surface area contributed by atoms with Crippen LogP contribution in [0.2, 0.25) is 0 Å². The molecule has 0 rings (SSSR count). The Bertz CT molecular complexity index is 285. The molecule has 112 valence electrons.